The van der Waals surface area contributed by atoms with Crippen molar-refractivity contribution in [1.29, 1.82) is 0 Å². The fourth-order valence-electron chi connectivity index (χ4n) is 4.55. The van der Waals surface area contributed by atoms with E-state index in [0.29, 0.717) is 18.5 Å². The molecule has 2 aliphatic heterocycles. The summed E-state index contributed by atoms with van der Waals surface area (Å²) >= 11 is 1.49. The third-order valence-corrected chi connectivity index (χ3v) is 7.32. The number of nitrogens with zero attached hydrogens (tertiary/aromatic N) is 1. The van der Waals surface area contributed by atoms with Gasteiger partial charge in [-0.3, -0.25) is 19.7 Å². The summed E-state index contributed by atoms with van der Waals surface area (Å²) in [5.74, 6) is -0.752. The van der Waals surface area contributed by atoms with Crippen LogP contribution in [0.15, 0.2) is 47.4 Å². The van der Waals surface area contributed by atoms with Crippen LogP contribution in [0.25, 0.3) is 0 Å². The summed E-state index contributed by atoms with van der Waals surface area (Å²) in [5, 5.41) is 7.90. The third-order valence-electron chi connectivity index (χ3n) is 6.07. The van der Waals surface area contributed by atoms with Crippen LogP contribution in [-0.2, 0) is 27.2 Å². The zero-order valence-electron chi connectivity index (χ0n) is 17.7. The number of carbonyl (C=O) groups excluding carboxylic acids is 4. The smallest absolute Gasteiger partial charge is 0.322 e. The van der Waals surface area contributed by atoms with Gasteiger partial charge in [0.2, 0.25) is 11.8 Å². The highest BCUT2D eigenvalue weighted by Gasteiger charge is 2.50. The van der Waals surface area contributed by atoms with Gasteiger partial charge in [-0.25, -0.2) is 4.79 Å². The Morgan fingerprint density at radius 3 is 2.62 bits per heavy atom. The summed E-state index contributed by atoms with van der Waals surface area (Å²) in [4.78, 5) is 52.2. The van der Waals surface area contributed by atoms with Crippen molar-refractivity contribution in [3.63, 3.8) is 0 Å². The zero-order valence-corrected chi connectivity index (χ0v) is 18.5. The molecule has 9 heteroatoms. The van der Waals surface area contributed by atoms with Gasteiger partial charge in [0.15, 0.2) is 0 Å². The number of carbonyl (C=O) groups is 4. The molecule has 2 heterocycles. The quantitative estimate of drug-likeness (QED) is 0.618. The van der Waals surface area contributed by atoms with Crippen LogP contribution in [0.3, 0.4) is 0 Å². The summed E-state index contributed by atoms with van der Waals surface area (Å²) in [6.45, 7) is 3.61. The Labute approximate surface area is 192 Å². The molecule has 0 aromatic heterocycles. The summed E-state index contributed by atoms with van der Waals surface area (Å²) in [7, 11) is 0. The zero-order chi connectivity index (χ0) is 22.7. The maximum absolute atomic E-state index is 13.0. The van der Waals surface area contributed by atoms with E-state index in [-0.39, 0.29) is 27.1 Å². The van der Waals surface area contributed by atoms with Crippen molar-refractivity contribution in [1.82, 2.24) is 10.6 Å². The van der Waals surface area contributed by atoms with E-state index in [0.717, 1.165) is 21.7 Å². The van der Waals surface area contributed by atoms with E-state index in [1.807, 2.05) is 50.2 Å². The molecule has 5 amide bonds. The van der Waals surface area contributed by atoms with Gasteiger partial charge in [-0.2, -0.15) is 0 Å². The van der Waals surface area contributed by atoms with Crippen molar-refractivity contribution in [2.24, 2.45) is 0 Å². The lowest BCUT2D eigenvalue weighted by Gasteiger charge is -2.37. The van der Waals surface area contributed by atoms with E-state index >= 15 is 0 Å². The van der Waals surface area contributed by atoms with Gasteiger partial charge in [-0.05, 0) is 49.2 Å². The van der Waals surface area contributed by atoms with Gasteiger partial charge in [-0.1, -0.05) is 18.2 Å². The number of hydrogen-bond acceptors (Lipinski definition) is 5. The van der Waals surface area contributed by atoms with Crippen molar-refractivity contribution >= 4 is 46.9 Å². The minimum Gasteiger partial charge on any atom is -0.325 e. The van der Waals surface area contributed by atoms with Gasteiger partial charge in [-0.15, -0.1) is 11.8 Å². The van der Waals surface area contributed by atoms with Crippen molar-refractivity contribution < 1.29 is 22.0 Å². The fourth-order valence-corrected chi connectivity index (χ4v) is 5.73. The monoisotopic (exact) mass is 454 g/mol. The molecule has 0 saturated carbocycles. The van der Waals surface area contributed by atoms with Gasteiger partial charge < -0.3 is 15.5 Å². The second kappa shape index (κ2) is 7.09. The number of rotatable bonds is 3. The Hall–Kier alpha value is -3.33. The molecule has 1 saturated heterocycles. The maximum atomic E-state index is 13.0. The standard InChI is InChI=1S/C23H22N4O4S.2H2/c1-22(2)20(30)27(16-5-3-4-6-17(16)32-22)12-18(28)24-15-8-7-13-10-23(11-14(13)9-15)19(29)25-21(31)26-23;;/h3-9H,10-12H2,1-2H3,(H,24,28)(H2,25,26,29,31);2*1H. The molecule has 1 aliphatic carbocycles. The minimum absolute atomic E-state index is 0. The third kappa shape index (κ3) is 3.33. The van der Waals surface area contributed by atoms with Crippen molar-refractivity contribution in [2.75, 3.05) is 16.8 Å². The van der Waals surface area contributed by atoms with E-state index in [4.69, 9.17) is 0 Å². The summed E-state index contributed by atoms with van der Waals surface area (Å²) in [6, 6.07) is 12.5. The molecular weight excluding hydrogens is 428 g/mol. The van der Waals surface area contributed by atoms with E-state index in [1.165, 1.54) is 16.7 Å². The lowest BCUT2D eigenvalue weighted by molar-refractivity contribution is -0.123. The molecular formula is C23H26N4O4S. The van der Waals surface area contributed by atoms with Crippen molar-refractivity contribution in [3.8, 4) is 0 Å². The van der Waals surface area contributed by atoms with E-state index in [2.05, 4.69) is 16.0 Å². The Morgan fingerprint density at radius 1 is 1.12 bits per heavy atom. The summed E-state index contributed by atoms with van der Waals surface area (Å²) in [6.07, 6.45) is 0.785. The van der Waals surface area contributed by atoms with E-state index < -0.39 is 16.3 Å². The van der Waals surface area contributed by atoms with Crippen LogP contribution in [0.1, 0.15) is 27.8 Å². The van der Waals surface area contributed by atoms with Crippen LogP contribution < -0.4 is 20.9 Å². The Kier molecular flexibility index (Phi) is 4.56. The number of para-hydroxylation sites is 1. The predicted molar refractivity (Wildman–Crippen MR) is 125 cm³/mol. The summed E-state index contributed by atoms with van der Waals surface area (Å²) < 4.78 is -0.664. The summed E-state index contributed by atoms with van der Waals surface area (Å²) in [5.41, 5.74) is 2.23. The molecule has 2 aromatic carbocycles. The van der Waals surface area contributed by atoms with Crippen LogP contribution in [0, 0.1) is 0 Å². The first-order valence-corrected chi connectivity index (χ1v) is 11.1. The van der Waals surface area contributed by atoms with Crippen LogP contribution in [0.5, 0.6) is 0 Å². The molecule has 1 unspecified atom stereocenters. The number of anilines is 2. The molecule has 0 bridgehead atoms. The van der Waals surface area contributed by atoms with E-state index in [9.17, 15) is 19.2 Å². The first-order chi connectivity index (χ1) is 15.2. The number of benzene rings is 2. The Balaban J connectivity index is 0.00000162. The molecule has 3 N–H and O–H groups in total. The highest BCUT2D eigenvalue weighted by atomic mass is 32.2. The van der Waals surface area contributed by atoms with Crippen LogP contribution in [0.4, 0.5) is 16.2 Å². The molecule has 1 fully saturated rings. The number of thioether (sulfide) groups is 1. The first kappa shape index (κ1) is 20.6. The molecule has 168 valence electrons. The lowest BCUT2D eigenvalue weighted by atomic mass is 9.96. The van der Waals surface area contributed by atoms with Gasteiger partial charge in [0, 0.05) is 26.3 Å². The lowest BCUT2D eigenvalue weighted by Crippen LogP contribution is -2.49. The molecule has 2 aromatic rings. The molecule has 1 atom stereocenters. The number of fused-ring (bicyclic) bond motifs is 2. The minimum atomic E-state index is -0.949. The largest absolute Gasteiger partial charge is 0.325 e. The van der Waals surface area contributed by atoms with Crippen LogP contribution >= 0.6 is 11.8 Å². The Morgan fingerprint density at radius 2 is 1.88 bits per heavy atom. The van der Waals surface area contributed by atoms with Gasteiger partial charge in [0.05, 0.1) is 10.4 Å². The predicted octanol–water partition coefficient (Wildman–Crippen LogP) is 2.71. The molecule has 8 nitrogen and oxygen atoms in total. The molecule has 5 rings (SSSR count). The maximum Gasteiger partial charge on any atom is 0.322 e. The normalized spacial score (nSPS) is 22.9. The van der Waals surface area contributed by atoms with Gasteiger partial charge >= 0.3 is 6.03 Å². The fraction of sp³-hybridized carbons (Fsp3) is 0.304. The Bertz CT molecular complexity index is 1210. The first-order valence-electron chi connectivity index (χ1n) is 10.3. The molecule has 3 aliphatic rings. The van der Waals surface area contributed by atoms with Gasteiger partial charge in [0.1, 0.15) is 12.1 Å². The topological polar surface area (TPSA) is 108 Å². The van der Waals surface area contributed by atoms with Crippen LogP contribution in [0.2, 0.25) is 0 Å². The average molecular weight is 455 g/mol. The molecule has 0 radical (unpaired) electrons. The number of urea groups is 1. The average Bonchev–Trinajstić information content (AvgIpc) is 3.22. The highest BCUT2D eigenvalue weighted by molar-refractivity contribution is 8.01. The van der Waals surface area contributed by atoms with Gasteiger partial charge in [0.25, 0.3) is 5.91 Å². The SMILES string of the molecule is CC1(C)Sc2ccccc2N(CC(=O)Nc2ccc3c(c2)CC2(C3)NC(=O)NC2=O)C1=O.[HH].[HH]. The number of nitrogens with one attached hydrogen (secondary N) is 3. The highest BCUT2D eigenvalue weighted by Crippen LogP contribution is 2.44. The van der Waals surface area contributed by atoms with E-state index in [1.54, 1.807) is 6.07 Å². The number of imide groups is 1. The number of hydrogen-bond donors (Lipinski definition) is 3. The molecule has 32 heavy (non-hydrogen) atoms. The molecule has 1 spiro atoms. The van der Waals surface area contributed by atoms with Crippen molar-refractivity contribution in [2.45, 2.75) is 41.9 Å². The van der Waals surface area contributed by atoms with Crippen LogP contribution in [-0.4, -0.2) is 40.6 Å². The second-order valence-corrected chi connectivity index (χ2v) is 10.5. The second-order valence-electron chi connectivity index (χ2n) is 8.85. The number of amides is 5. The van der Waals surface area contributed by atoms with Crippen molar-refractivity contribution in [3.05, 3.63) is 53.6 Å².